The zero-order valence-corrected chi connectivity index (χ0v) is 20.5. The van der Waals surface area contributed by atoms with E-state index in [1.54, 1.807) is 7.05 Å². The highest BCUT2D eigenvalue weighted by Crippen LogP contribution is 2.25. The van der Waals surface area contributed by atoms with E-state index in [2.05, 4.69) is 39.9 Å². The fourth-order valence-electron chi connectivity index (χ4n) is 3.33. The van der Waals surface area contributed by atoms with Crippen LogP contribution in [-0.4, -0.2) is 46.0 Å². The van der Waals surface area contributed by atoms with Gasteiger partial charge in [0.2, 0.25) is 0 Å². The van der Waals surface area contributed by atoms with Crippen LogP contribution in [0.3, 0.4) is 0 Å². The standard InChI is InChI=1S/C23H30ClN3O2.HI/c1-25-23(26-12-4-13-28-16-18-11-14-29-17-18)27-15-20-5-2-3-6-22(20)19-7-9-21(24)10-8-19;/h2-3,5-10,18H,4,11-17H2,1H3,(H2,25,26,27);1H. The molecule has 0 bridgehead atoms. The van der Waals surface area contributed by atoms with E-state index in [0.717, 1.165) is 62.4 Å². The van der Waals surface area contributed by atoms with Crippen LogP contribution in [0.5, 0.6) is 0 Å². The van der Waals surface area contributed by atoms with Crippen molar-refractivity contribution in [1.82, 2.24) is 10.6 Å². The first-order valence-corrected chi connectivity index (χ1v) is 10.6. The summed E-state index contributed by atoms with van der Waals surface area (Å²) in [6, 6.07) is 16.3. The Labute approximate surface area is 201 Å². The van der Waals surface area contributed by atoms with Crippen LogP contribution >= 0.6 is 35.6 Å². The molecule has 0 saturated carbocycles. The van der Waals surface area contributed by atoms with Crippen LogP contribution in [0.15, 0.2) is 53.5 Å². The average Bonchev–Trinajstić information content (AvgIpc) is 3.27. The van der Waals surface area contributed by atoms with Crippen molar-refractivity contribution >= 4 is 41.5 Å². The number of aliphatic imine (C=N–C) groups is 1. The van der Waals surface area contributed by atoms with E-state index in [9.17, 15) is 0 Å². The lowest BCUT2D eigenvalue weighted by Gasteiger charge is -2.15. The van der Waals surface area contributed by atoms with Crippen molar-refractivity contribution in [3.05, 3.63) is 59.1 Å². The molecule has 0 aliphatic carbocycles. The first kappa shape index (κ1) is 24.9. The van der Waals surface area contributed by atoms with Gasteiger partial charge in [0.25, 0.3) is 0 Å². The van der Waals surface area contributed by atoms with Gasteiger partial charge in [-0.2, -0.15) is 0 Å². The fraction of sp³-hybridized carbons (Fsp3) is 0.435. The Balaban J connectivity index is 0.00000320. The lowest BCUT2D eigenvalue weighted by atomic mass is 10.00. The minimum absolute atomic E-state index is 0. The third-order valence-corrected chi connectivity index (χ3v) is 5.23. The minimum atomic E-state index is 0. The van der Waals surface area contributed by atoms with Gasteiger partial charge in [0, 0.05) is 44.3 Å². The predicted octanol–water partition coefficient (Wildman–Crippen LogP) is 4.73. The first-order chi connectivity index (χ1) is 14.3. The van der Waals surface area contributed by atoms with Crippen molar-refractivity contribution in [2.75, 3.05) is 40.0 Å². The van der Waals surface area contributed by atoms with Gasteiger partial charge in [0.1, 0.15) is 0 Å². The van der Waals surface area contributed by atoms with Gasteiger partial charge in [-0.1, -0.05) is 48.0 Å². The van der Waals surface area contributed by atoms with E-state index in [1.165, 1.54) is 11.1 Å². The summed E-state index contributed by atoms with van der Waals surface area (Å²) < 4.78 is 11.1. The van der Waals surface area contributed by atoms with Crippen LogP contribution in [0.25, 0.3) is 11.1 Å². The quantitative estimate of drug-likeness (QED) is 0.208. The molecule has 1 aliphatic heterocycles. The van der Waals surface area contributed by atoms with Crippen molar-refractivity contribution in [2.45, 2.75) is 19.4 Å². The number of rotatable bonds is 9. The van der Waals surface area contributed by atoms with E-state index >= 15 is 0 Å². The number of ether oxygens (including phenoxy) is 2. The Kier molecular flexibility index (Phi) is 11.5. The summed E-state index contributed by atoms with van der Waals surface area (Å²) >= 11 is 6.02. The molecule has 0 amide bonds. The number of nitrogens with zero attached hydrogens (tertiary/aromatic N) is 1. The number of guanidine groups is 1. The van der Waals surface area contributed by atoms with Gasteiger partial charge in [-0.3, -0.25) is 4.99 Å². The zero-order valence-electron chi connectivity index (χ0n) is 17.4. The molecule has 3 rings (SSSR count). The summed E-state index contributed by atoms with van der Waals surface area (Å²) in [6.45, 7) is 4.77. The molecular formula is C23H31ClIN3O2. The molecule has 30 heavy (non-hydrogen) atoms. The van der Waals surface area contributed by atoms with Crippen molar-refractivity contribution in [3.63, 3.8) is 0 Å². The van der Waals surface area contributed by atoms with Crippen molar-refractivity contribution in [1.29, 1.82) is 0 Å². The number of nitrogens with one attached hydrogen (secondary N) is 2. The van der Waals surface area contributed by atoms with Gasteiger partial charge in [0.15, 0.2) is 5.96 Å². The van der Waals surface area contributed by atoms with Gasteiger partial charge in [-0.25, -0.2) is 0 Å². The first-order valence-electron chi connectivity index (χ1n) is 10.2. The molecule has 0 spiro atoms. The third kappa shape index (κ3) is 8.06. The molecule has 2 aromatic rings. The molecule has 1 heterocycles. The molecule has 1 aliphatic rings. The largest absolute Gasteiger partial charge is 0.381 e. The summed E-state index contributed by atoms with van der Waals surface area (Å²) in [7, 11) is 1.79. The van der Waals surface area contributed by atoms with Crippen LogP contribution in [0.2, 0.25) is 5.02 Å². The van der Waals surface area contributed by atoms with Gasteiger partial charge < -0.3 is 20.1 Å². The van der Waals surface area contributed by atoms with Gasteiger partial charge in [-0.15, -0.1) is 24.0 Å². The van der Waals surface area contributed by atoms with E-state index in [1.807, 2.05) is 24.3 Å². The van der Waals surface area contributed by atoms with Crippen molar-refractivity contribution in [2.24, 2.45) is 10.9 Å². The lowest BCUT2D eigenvalue weighted by molar-refractivity contribution is 0.0888. The summed E-state index contributed by atoms with van der Waals surface area (Å²) in [5.74, 6) is 1.36. The molecule has 2 aromatic carbocycles. The van der Waals surface area contributed by atoms with Crippen LogP contribution in [0, 0.1) is 5.92 Å². The molecule has 1 saturated heterocycles. The van der Waals surface area contributed by atoms with Crippen molar-refractivity contribution in [3.8, 4) is 11.1 Å². The van der Waals surface area contributed by atoms with Gasteiger partial charge in [0.05, 0.1) is 13.2 Å². The maximum absolute atomic E-state index is 6.02. The molecule has 1 fully saturated rings. The van der Waals surface area contributed by atoms with E-state index in [0.29, 0.717) is 12.5 Å². The Morgan fingerprint density at radius 1 is 1.17 bits per heavy atom. The topological polar surface area (TPSA) is 54.9 Å². The monoisotopic (exact) mass is 543 g/mol. The lowest BCUT2D eigenvalue weighted by Crippen LogP contribution is -2.37. The molecular weight excluding hydrogens is 513 g/mol. The van der Waals surface area contributed by atoms with Crippen molar-refractivity contribution < 1.29 is 9.47 Å². The summed E-state index contributed by atoms with van der Waals surface area (Å²) in [6.07, 6.45) is 2.06. The zero-order chi connectivity index (χ0) is 20.3. The van der Waals surface area contributed by atoms with Gasteiger partial charge >= 0.3 is 0 Å². The SMILES string of the molecule is CN=C(NCCCOCC1CCOC1)NCc1ccccc1-c1ccc(Cl)cc1.I. The molecule has 0 radical (unpaired) electrons. The highest BCUT2D eigenvalue weighted by atomic mass is 127. The summed E-state index contributed by atoms with van der Waals surface area (Å²) in [5, 5.41) is 7.49. The number of hydrogen-bond donors (Lipinski definition) is 2. The minimum Gasteiger partial charge on any atom is -0.381 e. The maximum atomic E-state index is 6.02. The molecule has 2 N–H and O–H groups in total. The molecule has 164 valence electrons. The summed E-state index contributed by atoms with van der Waals surface area (Å²) in [5.41, 5.74) is 3.55. The van der Waals surface area contributed by atoms with Gasteiger partial charge in [-0.05, 0) is 41.7 Å². The molecule has 1 unspecified atom stereocenters. The second-order valence-corrected chi connectivity index (χ2v) is 7.61. The highest BCUT2D eigenvalue weighted by molar-refractivity contribution is 14.0. The van der Waals surface area contributed by atoms with E-state index in [-0.39, 0.29) is 24.0 Å². The normalized spacial score (nSPS) is 16.2. The predicted molar refractivity (Wildman–Crippen MR) is 135 cm³/mol. The fourth-order valence-corrected chi connectivity index (χ4v) is 3.46. The summed E-state index contributed by atoms with van der Waals surface area (Å²) in [4.78, 5) is 4.32. The number of hydrogen-bond acceptors (Lipinski definition) is 3. The molecule has 7 heteroatoms. The number of halogens is 2. The van der Waals surface area contributed by atoms with E-state index < -0.39 is 0 Å². The number of benzene rings is 2. The van der Waals surface area contributed by atoms with Crippen LogP contribution in [-0.2, 0) is 16.0 Å². The molecule has 1 atom stereocenters. The van der Waals surface area contributed by atoms with Crippen LogP contribution in [0.1, 0.15) is 18.4 Å². The molecule has 0 aromatic heterocycles. The molecule has 5 nitrogen and oxygen atoms in total. The Morgan fingerprint density at radius 3 is 2.70 bits per heavy atom. The van der Waals surface area contributed by atoms with E-state index in [4.69, 9.17) is 21.1 Å². The Hall–Kier alpha value is -1.35. The average molecular weight is 544 g/mol. The van der Waals surface area contributed by atoms with Crippen LogP contribution < -0.4 is 10.6 Å². The second-order valence-electron chi connectivity index (χ2n) is 7.17. The smallest absolute Gasteiger partial charge is 0.191 e. The Bertz CT molecular complexity index is 780. The maximum Gasteiger partial charge on any atom is 0.191 e. The highest BCUT2D eigenvalue weighted by Gasteiger charge is 2.15. The van der Waals surface area contributed by atoms with Crippen LogP contribution in [0.4, 0.5) is 0 Å². The second kappa shape index (κ2) is 13.9. The third-order valence-electron chi connectivity index (χ3n) is 4.98. The Morgan fingerprint density at radius 2 is 1.97 bits per heavy atom.